The maximum absolute atomic E-state index is 2.54. The first kappa shape index (κ1) is 26.9. The Balaban J connectivity index is 1.25. The van der Waals surface area contributed by atoms with Gasteiger partial charge in [-0.1, -0.05) is 129 Å². The molecule has 2 heterocycles. The van der Waals surface area contributed by atoms with Crippen molar-refractivity contribution in [2.24, 2.45) is 0 Å². The molecule has 8 aromatic carbocycles. The lowest BCUT2D eigenvalue weighted by Crippen LogP contribution is -2.14. The molecule has 49 heavy (non-hydrogen) atoms. The number of para-hydroxylation sites is 2. The summed E-state index contributed by atoms with van der Waals surface area (Å²) in [6.07, 6.45) is 0. The van der Waals surface area contributed by atoms with Crippen molar-refractivity contribution in [3.63, 3.8) is 0 Å². The minimum Gasteiger partial charge on any atom is -0.309 e. The summed E-state index contributed by atoms with van der Waals surface area (Å²) in [6, 6.07) is 58.5. The van der Waals surface area contributed by atoms with Gasteiger partial charge in [-0.05, 0) is 85.9 Å². The Morgan fingerprint density at radius 3 is 1.47 bits per heavy atom. The van der Waals surface area contributed by atoms with Crippen LogP contribution < -0.4 is 0 Å². The summed E-state index contributed by atoms with van der Waals surface area (Å²) in [5.74, 6) is 0. The highest BCUT2D eigenvalue weighted by molar-refractivity contribution is 6.25. The summed E-state index contributed by atoms with van der Waals surface area (Å²) in [5.41, 5.74) is 11.3. The molecular formula is C47H32N2. The summed E-state index contributed by atoms with van der Waals surface area (Å²) in [7, 11) is 0. The van der Waals surface area contributed by atoms with Crippen molar-refractivity contribution < 1.29 is 0 Å². The minimum absolute atomic E-state index is 0.158. The van der Waals surface area contributed by atoms with Crippen molar-refractivity contribution in [3.05, 3.63) is 169 Å². The monoisotopic (exact) mass is 624 g/mol. The second-order valence-corrected chi connectivity index (χ2v) is 14.1. The summed E-state index contributed by atoms with van der Waals surface area (Å²) in [6.45, 7) is 4.79. The van der Waals surface area contributed by atoms with E-state index in [0.29, 0.717) is 0 Å². The molecule has 11 rings (SSSR count). The zero-order valence-corrected chi connectivity index (χ0v) is 27.4. The van der Waals surface area contributed by atoms with Gasteiger partial charge in [-0.3, -0.25) is 0 Å². The number of fused-ring (bicyclic) bond motifs is 14. The van der Waals surface area contributed by atoms with E-state index in [1.165, 1.54) is 98.8 Å². The SMILES string of the molecule is CC1(C)c2ccccc2-c2c1c1cc(-n3c4ccccc4c4ccccc43)ccc1n2-c1ccc2c3ccccc3c3ccccc3c2c1. The topological polar surface area (TPSA) is 9.86 Å². The second kappa shape index (κ2) is 9.49. The van der Waals surface area contributed by atoms with Gasteiger partial charge in [0.2, 0.25) is 0 Å². The number of benzene rings is 8. The fourth-order valence-corrected chi connectivity index (χ4v) is 9.18. The number of hydrogen-bond donors (Lipinski definition) is 0. The van der Waals surface area contributed by atoms with Crippen LogP contribution in [0.1, 0.15) is 25.0 Å². The van der Waals surface area contributed by atoms with E-state index in [-0.39, 0.29) is 5.41 Å². The van der Waals surface area contributed by atoms with Gasteiger partial charge in [-0.2, -0.15) is 0 Å². The van der Waals surface area contributed by atoms with Gasteiger partial charge in [0.15, 0.2) is 0 Å². The first-order chi connectivity index (χ1) is 24.1. The molecule has 0 saturated heterocycles. The van der Waals surface area contributed by atoms with Crippen molar-refractivity contribution >= 4 is 65.0 Å². The van der Waals surface area contributed by atoms with E-state index in [2.05, 4.69) is 181 Å². The highest BCUT2D eigenvalue weighted by atomic mass is 15.0. The lowest BCUT2D eigenvalue weighted by atomic mass is 9.81. The maximum atomic E-state index is 2.54. The Bertz CT molecular complexity index is 2930. The van der Waals surface area contributed by atoms with Crippen LogP contribution in [-0.4, -0.2) is 9.13 Å². The summed E-state index contributed by atoms with van der Waals surface area (Å²) in [5, 5.41) is 11.6. The number of aromatic nitrogens is 2. The van der Waals surface area contributed by atoms with E-state index in [1.54, 1.807) is 0 Å². The average Bonchev–Trinajstić information content (AvgIpc) is 3.76. The Labute approximate surface area is 284 Å². The van der Waals surface area contributed by atoms with Crippen LogP contribution in [0.25, 0.3) is 87.7 Å². The molecule has 0 bridgehead atoms. The third-order valence-corrected chi connectivity index (χ3v) is 11.3. The van der Waals surface area contributed by atoms with Crippen molar-refractivity contribution in [2.45, 2.75) is 19.3 Å². The van der Waals surface area contributed by atoms with Gasteiger partial charge < -0.3 is 9.13 Å². The molecule has 0 saturated carbocycles. The van der Waals surface area contributed by atoms with Gasteiger partial charge in [-0.25, -0.2) is 0 Å². The summed E-state index contributed by atoms with van der Waals surface area (Å²) >= 11 is 0. The smallest absolute Gasteiger partial charge is 0.0585 e. The molecule has 0 radical (unpaired) electrons. The Kier molecular flexibility index (Phi) is 5.21. The molecule has 0 fully saturated rings. The standard InChI is InChI=1S/C47H32N2/c1-47(2)41-20-10-7-19-38(41)46-45(47)40-28-29(48-42-21-11-8-17-36(42)37-18-9-12-22-43(37)48)24-26-44(40)49(46)30-23-25-35-33-15-4-3-13-31(33)32-14-5-6-16-34(32)39(35)27-30/h3-28H,1-2H3. The van der Waals surface area contributed by atoms with E-state index < -0.39 is 0 Å². The molecule has 0 N–H and O–H groups in total. The number of hydrogen-bond acceptors (Lipinski definition) is 0. The fraction of sp³-hybridized carbons (Fsp3) is 0.0638. The van der Waals surface area contributed by atoms with E-state index in [0.717, 1.165) is 0 Å². The van der Waals surface area contributed by atoms with Crippen LogP contribution in [0.4, 0.5) is 0 Å². The third kappa shape index (κ3) is 3.45. The van der Waals surface area contributed by atoms with E-state index in [1.807, 2.05) is 0 Å². The van der Waals surface area contributed by atoms with Gasteiger partial charge in [0.1, 0.15) is 0 Å². The van der Waals surface area contributed by atoms with Crippen LogP contribution in [-0.2, 0) is 5.41 Å². The molecule has 1 aliphatic carbocycles. The molecule has 230 valence electrons. The molecule has 2 heteroatoms. The van der Waals surface area contributed by atoms with Crippen LogP contribution in [0.5, 0.6) is 0 Å². The first-order valence-corrected chi connectivity index (χ1v) is 17.2. The molecule has 0 unspecified atom stereocenters. The van der Waals surface area contributed by atoms with Gasteiger partial charge in [-0.15, -0.1) is 0 Å². The van der Waals surface area contributed by atoms with E-state index in [9.17, 15) is 0 Å². The highest BCUT2D eigenvalue weighted by Crippen LogP contribution is 2.54. The lowest BCUT2D eigenvalue weighted by Gasteiger charge is -2.21. The van der Waals surface area contributed by atoms with Crippen molar-refractivity contribution in [3.8, 4) is 22.6 Å². The zero-order valence-electron chi connectivity index (χ0n) is 27.4. The number of nitrogens with zero attached hydrogens (tertiary/aromatic N) is 2. The quantitative estimate of drug-likeness (QED) is 0.169. The van der Waals surface area contributed by atoms with E-state index >= 15 is 0 Å². The first-order valence-electron chi connectivity index (χ1n) is 17.2. The predicted octanol–water partition coefficient (Wildman–Crippen LogP) is 12.5. The molecule has 2 aromatic heterocycles. The van der Waals surface area contributed by atoms with Gasteiger partial charge in [0, 0.05) is 38.5 Å². The second-order valence-electron chi connectivity index (χ2n) is 14.1. The largest absolute Gasteiger partial charge is 0.309 e. The molecule has 0 atom stereocenters. The average molecular weight is 625 g/mol. The Hall–Kier alpha value is -6.12. The Morgan fingerprint density at radius 1 is 0.367 bits per heavy atom. The molecule has 0 spiro atoms. The summed E-state index contributed by atoms with van der Waals surface area (Å²) < 4.78 is 4.98. The van der Waals surface area contributed by atoms with Crippen molar-refractivity contribution in [2.75, 3.05) is 0 Å². The minimum atomic E-state index is -0.158. The maximum Gasteiger partial charge on any atom is 0.0585 e. The normalized spacial score (nSPS) is 13.7. The molecule has 2 nitrogen and oxygen atoms in total. The van der Waals surface area contributed by atoms with Crippen LogP contribution in [0.3, 0.4) is 0 Å². The van der Waals surface area contributed by atoms with E-state index in [4.69, 9.17) is 0 Å². The van der Waals surface area contributed by atoms with Gasteiger partial charge in [0.05, 0.1) is 22.2 Å². The van der Waals surface area contributed by atoms with Gasteiger partial charge in [0.25, 0.3) is 0 Å². The van der Waals surface area contributed by atoms with Crippen LogP contribution >= 0.6 is 0 Å². The van der Waals surface area contributed by atoms with Crippen LogP contribution in [0.2, 0.25) is 0 Å². The van der Waals surface area contributed by atoms with Crippen LogP contribution in [0.15, 0.2) is 158 Å². The Morgan fingerprint density at radius 2 is 0.816 bits per heavy atom. The zero-order chi connectivity index (χ0) is 32.4. The predicted molar refractivity (Wildman–Crippen MR) is 208 cm³/mol. The van der Waals surface area contributed by atoms with Crippen LogP contribution in [0, 0.1) is 0 Å². The molecule has 0 amide bonds. The lowest BCUT2D eigenvalue weighted by molar-refractivity contribution is 0.666. The molecule has 0 aliphatic heterocycles. The fourth-order valence-electron chi connectivity index (χ4n) is 9.18. The number of rotatable bonds is 2. The van der Waals surface area contributed by atoms with Crippen molar-refractivity contribution in [1.82, 2.24) is 9.13 Å². The van der Waals surface area contributed by atoms with Gasteiger partial charge >= 0.3 is 0 Å². The van der Waals surface area contributed by atoms with Crippen molar-refractivity contribution in [1.29, 1.82) is 0 Å². The summed E-state index contributed by atoms with van der Waals surface area (Å²) in [4.78, 5) is 0. The molecular weight excluding hydrogens is 593 g/mol. The molecule has 10 aromatic rings. The highest BCUT2D eigenvalue weighted by Gasteiger charge is 2.40. The third-order valence-electron chi connectivity index (χ3n) is 11.3. The molecule has 1 aliphatic rings.